The number of aromatic carboxylic acids is 1. The van der Waals surface area contributed by atoms with Gasteiger partial charge in [-0.25, -0.2) is 9.78 Å². The van der Waals surface area contributed by atoms with Crippen LogP contribution in [-0.4, -0.2) is 26.2 Å². The van der Waals surface area contributed by atoms with Crippen LogP contribution in [0.2, 0.25) is 0 Å². The third-order valence-electron chi connectivity index (χ3n) is 4.04. The zero-order valence-corrected chi connectivity index (χ0v) is 13.8. The third-order valence-corrected chi connectivity index (χ3v) is 4.97. The quantitative estimate of drug-likeness (QED) is 0.518. The first-order valence-corrected chi connectivity index (χ1v) is 8.54. The first-order chi connectivity index (χ1) is 12.1. The lowest BCUT2D eigenvalue weighted by molar-refractivity contribution is 0.0697. The second kappa shape index (κ2) is 6.16. The van der Waals surface area contributed by atoms with Crippen molar-refractivity contribution in [2.24, 2.45) is 0 Å². The number of nitrogens with one attached hydrogen (secondary N) is 1. The van der Waals surface area contributed by atoms with E-state index in [1.54, 1.807) is 12.1 Å². The third kappa shape index (κ3) is 2.93. The molecule has 2 aromatic carbocycles. The zero-order valence-electron chi connectivity index (χ0n) is 13.0. The van der Waals surface area contributed by atoms with Gasteiger partial charge in [-0.1, -0.05) is 30.3 Å². The Hall–Kier alpha value is -2.96. The van der Waals surface area contributed by atoms with Crippen LogP contribution in [0.15, 0.2) is 60.0 Å². The molecule has 0 aliphatic heterocycles. The summed E-state index contributed by atoms with van der Waals surface area (Å²) in [4.78, 5) is 19.6. The van der Waals surface area contributed by atoms with Crippen LogP contribution in [0.5, 0.6) is 0 Å². The second-order valence-electron chi connectivity index (χ2n) is 5.66. The molecule has 0 fully saturated rings. The van der Waals surface area contributed by atoms with Crippen molar-refractivity contribution in [1.29, 1.82) is 0 Å². The summed E-state index contributed by atoms with van der Waals surface area (Å²) in [5.74, 6) is -0.306. The smallest absolute Gasteiger partial charge is 0.335 e. The van der Waals surface area contributed by atoms with Crippen LogP contribution >= 0.6 is 11.3 Å². The predicted molar refractivity (Wildman–Crippen MR) is 96.9 cm³/mol. The molecule has 4 aromatic rings. The molecule has 0 amide bonds. The number of nitrogens with zero attached hydrogens (tertiary/aromatic N) is 1. The number of aliphatic hydroxyl groups is 1. The number of benzene rings is 2. The molecule has 0 saturated heterocycles. The van der Waals surface area contributed by atoms with Crippen molar-refractivity contribution >= 4 is 28.3 Å². The normalized spacial score (nSPS) is 12.4. The van der Waals surface area contributed by atoms with Gasteiger partial charge in [-0.05, 0) is 35.2 Å². The summed E-state index contributed by atoms with van der Waals surface area (Å²) in [6.45, 7) is 0. The molecule has 1 unspecified atom stereocenters. The van der Waals surface area contributed by atoms with Crippen LogP contribution in [-0.2, 0) is 0 Å². The largest absolute Gasteiger partial charge is 0.478 e. The molecule has 4 rings (SSSR count). The molecular weight excluding hydrogens is 336 g/mol. The number of carboxylic acids is 1. The highest BCUT2D eigenvalue weighted by molar-refractivity contribution is 7.10. The van der Waals surface area contributed by atoms with Gasteiger partial charge in [0.25, 0.3) is 0 Å². The van der Waals surface area contributed by atoms with Gasteiger partial charge in [0.2, 0.25) is 0 Å². The maximum Gasteiger partial charge on any atom is 0.335 e. The Balaban J connectivity index is 1.65. The number of aliphatic hydroxyl groups excluding tert-OH is 1. The molecule has 0 saturated carbocycles. The number of hydrogen-bond donors (Lipinski definition) is 3. The molecular formula is C19H14N2O3S. The van der Waals surface area contributed by atoms with Gasteiger partial charge in [0.15, 0.2) is 0 Å². The van der Waals surface area contributed by atoms with E-state index in [1.807, 2.05) is 41.8 Å². The molecule has 0 radical (unpaired) electrons. The van der Waals surface area contributed by atoms with Crippen molar-refractivity contribution in [3.05, 3.63) is 76.0 Å². The lowest BCUT2D eigenvalue weighted by atomic mass is 10.1. The average Bonchev–Trinajstić information content (AvgIpc) is 3.30. The number of hydrogen-bond acceptors (Lipinski definition) is 4. The Labute approximate surface area is 147 Å². The zero-order chi connectivity index (χ0) is 17.4. The van der Waals surface area contributed by atoms with E-state index in [-0.39, 0.29) is 5.56 Å². The fourth-order valence-electron chi connectivity index (χ4n) is 2.71. The van der Waals surface area contributed by atoms with Gasteiger partial charge in [0.1, 0.15) is 11.9 Å². The van der Waals surface area contributed by atoms with Crippen molar-refractivity contribution in [1.82, 2.24) is 9.97 Å². The Morgan fingerprint density at radius 1 is 1.12 bits per heavy atom. The lowest BCUT2D eigenvalue weighted by Gasteiger charge is -2.09. The molecule has 0 bridgehead atoms. The molecule has 25 heavy (non-hydrogen) atoms. The van der Waals surface area contributed by atoms with E-state index in [4.69, 9.17) is 5.11 Å². The minimum absolute atomic E-state index is 0.220. The van der Waals surface area contributed by atoms with Crippen LogP contribution in [0.25, 0.3) is 22.4 Å². The summed E-state index contributed by atoms with van der Waals surface area (Å²) in [6.07, 6.45) is -0.636. The molecule has 0 spiro atoms. The number of aromatic nitrogens is 2. The molecule has 1 atom stereocenters. The van der Waals surface area contributed by atoms with Crippen molar-refractivity contribution in [2.75, 3.05) is 0 Å². The summed E-state index contributed by atoms with van der Waals surface area (Å²) in [7, 11) is 0. The van der Waals surface area contributed by atoms with E-state index in [2.05, 4.69) is 9.97 Å². The topological polar surface area (TPSA) is 86.2 Å². The van der Waals surface area contributed by atoms with Gasteiger partial charge in [-0.2, -0.15) is 0 Å². The van der Waals surface area contributed by atoms with E-state index in [9.17, 15) is 9.90 Å². The van der Waals surface area contributed by atoms with Crippen molar-refractivity contribution < 1.29 is 15.0 Å². The average molecular weight is 350 g/mol. The summed E-state index contributed by atoms with van der Waals surface area (Å²) < 4.78 is 0. The standard InChI is InChI=1S/C19H14N2O3S/c22-17(16-2-1-9-25-16)11-3-5-12(6-4-11)18-20-14-8-7-13(19(23)24)10-15(14)21-18/h1-10,17,22H,(H,20,21)(H,23,24). The Morgan fingerprint density at radius 2 is 1.92 bits per heavy atom. The second-order valence-corrected chi connectivity index (χ2v) is 6.64. The molecule has 2 heterocycles. The summed E-state index contributed by atoms with van der Waals surface area (Å²) in [5.41, 5.74) is 3.29. The van der Waals surface area contributed by atoms with Crippen molar-refractivity contribution in [3.63, 3.8) is 0 Å². The Morgan fingerprint density at radius 3 is 2.60 bits per heavy atom. The highest BCUT2D eigenvalue weighted by Gasteiger charge is 2.13. The maximum atomic E-state index is 11.1. The van der Waals surface area contributed by atoms with Crippen molar-refractivity contribution in [2.45, 2.75) is 6.10 Å². The SMILES string of the molecule is O=C(O)c1ccc2nc(-c3ccc(C(O)c4cccs4)cc3)[nH]c2c1. The minimum atomic E-state index is -0.968. The molecule has 3 N–H and O–H groups in total. The molecule has 0 aliphatic carbocycles. The van der Waals surface area contributed by atoms with E-state index < -0.39 is 12.1 Å². The molecule has 2 aromatic heterocycles. The van der Waals surface area contributed by atoms with Crippen LogP contribution in [0, 0.1) is 0 Å². The number of H-pyrrole nitrogens is 1. The monoisotopic (exact) mass is 350 g/mol. The van der Waals surface area contributed by atoms with Crippen LogP contribution in [0.3, 0.4) is 0 Å². The van der Waals surface area contributed by atoms with E-state index >= 15 is 0 Å². The molecule has 5 nitrogen and oxygen atoms in total. The van der Waals surface area contributed by atoms with E-state index in [1.165, 1.54) is 17.4 Å². The van der Waals surface area contributed by atoms with Gasteiger partial charge < -0.3 is 15.2 Å². The Bertz CT molecular complexity index is 1040. The van der Waals surface area contributed by atoms with E-state index in [0.717, 1.165) is 16.0 Å². The number of carboxylic acid groups (broad SMARTS) is 1. The number of fused-ring (bicyclic) bond motifs is 1. The highest BCUT2D eigenvalue weighted by Crippen LogP contribution is 2.28. The number of aromatic amines is 1. The summed E-state index contributed by atoms with van der Waals surface area (Å²) in [6, 6.07) is 16.1. The summed E-state index contributed by atoms with van der Waals surface area (Å²) in [5, 5.41) is 21.4. The number of imidazole rings is 1. The first kappa shape index (κ1) is 15.6. The summed E-state index contributed by atoms with van der Waals surface area (Å²) >= 11 is 1.52. The fraction of sp³-hybridized carbons (Fsp3) is 0.0526. The highest BCUT2D eigenvalue weighted by atomic mass is 32.1. The predicted octanol–water partition coefficient (Wildman–Crippen LogP) is 4.07. The fourth-order valence-corrected chi connectivity index (χ4v) is 3.45. The first-order valence-electron chi connectivity index (χ1n) is 7.67. The van der Waals surface area contributed by atoms with Gasteiger partial charge in [0, 0.05) is 10.4 Å². The Kier molecular flexibility index (Phi) is 3.83. The maximum absolute atomic E-state index is 11.1. The van der Waals surface area contributed by atoms with Gasteiger partial charge in [-0.15, -0.1) is 11.3 Å². The van der Waals surface area contributed by atoms with Gasteiger partial charge >= 0.3 is 5.97 Å². The number of thiophene rings is 1. The number of carbonyl (C=O) groups is 1. The van der Waals surface area contributed by atoms with Gasteiger partial charge in [-0.3, -0.25) is 0 Å². The van der Waals surface area contributed by atoms with E-state index in [0.29, 0.717) is 16.9 Å². The van der Waals surface area contributed by atoms with Crippen LogP contribution < -0.4 is 0 Å². The molecule has 0 aliphatic rings. The van der Waals surface area contributed by atoms with Crippen LogP contribution in [0.4, 0.5) is 0 Å². The van der Waals surface area contributed by atoms with Crippen LogP contribution in [0.1, 0.15) is 26.9 Å². The van der Waals surface area contributed by atoms with Crippen molar-refractivity contribution in [3.8, 4) is 11.4 Å². The number of rotatable bonds is 4. The molecule has 6 heteroatoms. The van der Waals surface area contributed by atoms with Gasteiger partial charge in [0.05, 0.1) is 16.6 Å². The minimum Gasteiger partial charge on any atom is -0.478 e. The lowest BCUT2D eigenvalue weighted by Crippen LogP contribution is -1.96. The molecule has 124 valence electrons.